The summed E-state index contributed by atoms with van der Waals surface area (Å²) in [6.45, 7) is 2.18. The first-order valence-corrected chi connectivity index (χ1v) is 7.80. The Kier molecular flexibility index (Phi) is 4.61. The van der Waals surface area contributed by atoms with Crippen LogP contribution in [-0.4, -0.2) is 11.9 Å². The van der Waals surface area contributed by atoms with E-state index in [4.69, 9.17) is 0 Å². The number of hydrogen-bond acceptors (Lipinski definition) is 2. The third-order valence-corrected chi connectivity index (χ3v) is 3.94. The fourth-order valence-corrected chi connectivity index (χ4v) is 2.76. The fraction of sp³-hybridized carbons (Fsp3) is 0.158. The molecule has 24 heavy (non-hydrogen) atoms. The van der Waals surface area contributed by atoms with Gasteiger partial charge in [-0.25, -0.2) is 4.79 Å². The molecule has 0 aromatic heterocycles. The molecule has 1 heterocycles. The third kappa shape index (κ3) is 3.46. The molecule has 0 bridgehead atoms. The molecule has 1 aliphatic heterocycles. The number of allylic oxidation sites excluding steroid dienone is 1. The van der Waals surface area contributed by atoms with Crippen molar-refractivity contribution in [3.8, 4) is 0 Å². The van der Waals surface area contributed by atoms with Gasteiger partial charge in [-0.3, -0.25) is 4.79 Å². The molecule has 2 aromatic rings. The standard InChI is InChI=1S/C19H19N3O2/c1-13-16(18(23)20-12-14-8-4-2-5-9-14)17(22-19(24)21-13)15-10-6-3-7-11-15/h2-11,17H,12H2,1H3,(H,20,23)(H2,21,22,24)/t17-/m1/s1. The van der Waals surface area contributed by atoms with Crippen LogP contribution in [0.25, 0.3) is 0 Å². The Morgan fingerprint density at radius 3 is 2.33 bits per heavy atom. The molecule has 1 aliphatic rings. The molecule has 0 spiro atoms. The molecule has 3 amide bonds. The van der Waals surface area contributed by atoms with E-state index < -0.39 is 6.04 Å². The molecule has 0 saturated carbocycles. The van der Waals surface area contributed by atoms with Gasteiger partial charge in [0.05, 0.1) is 11.6 Å². The summed E-state index contributed by atoms with van der Waals surface area (Å²) in [5.74, 6) is -0.197. The summed E-state index contributed by atoms with van der Waals surface area (Å²) in [5, 5.41) is 8.43. The predicted molar refractivity (Wildman–Crippen MR) is 91.8 cm³/mol. The minimum Gasteiger partial charge on any atom is -0.348 e. The highest BCUT2D eigenvalue weighted by Crippen LogP contribution is 2.26. The summed E-state index contributed by atoms with van der Waals surface area (Å²) >= 11 is 0. The summed E-state index contributed by atoms with van der Waals surface area (Å²) in [7, 11) is 0. The highest BCUT2D eigenvalue weighted by Gasteiger charge is 2.30. The number of benzene rings is 2. The highest BCUT2D eigenvalue weighted by atomic mass is 16.2. The molecule has 0 unspecified atom stereocenters. The molecular formula is C19H19N3O2. The van der Waals surface area contributed by atoms with Crippen LogP contribution in [0.15, 0.2) is 71.9 Å². The Bertz CT molecular complexity index is 770. The third-order valence-electron chi connectivity index (χ3n) is 3.94. The molecule has 0 saturated heterocycles. The molecule has 0 radical (unpaired) electrons. The van der Waals surface area contributed by atoms with E-state index in [1.807, 2.05) is 60.7 Å². The normalized spacial score (nSPS) is 17.0. The monoisotopic (exact) mass is 321 g/mol. The van der Waals surface area contributed by atoms with Gasteiger partial charge in [0, 0.05) is 12.2 Å². The number of nitrogens with one attached hydrogen (secondary N) is 3. The second-order valence-corrected chi connectivity index (χ2v) is 5.65. The van der Waals surface area contributed by atoms with Crippen LogP contribution in [0.4, 0.5) is 4.79 Å². The summed E-state index contributed by atoms with van der Waals surface area (Å²) in [6, 6.07) is 18.4. The second kappa shape index (κ2) is 7.00. The van der Waals surface area contributed by atoms with Crippen molar-refractivity contribution in [3.63, 3.8) is 0 Å². The Balaban J connectivity index is 1.83. The number of carbonyl (C=O) groups is 2. The summed E-state index contributed by atoms with van der Waals surface area (Å²) in [5.41, 5.74) is 2.99. The molecule has 0 fully saturated rings. The van der Waals surface area contributed by atoms with Gasteiger partial charge in [0.1, 0.15) is 0 Å². The average Bonchev–Trinajstić information content (AvgIpc) is 2.60. The first kappa shape index (κ1) is 15.8. The van der Waals surface area contributed by atoms with E-state index in [1.54, 1.807) is 6.92 Å². The van der Waals surface area contributed by atoms with Crippen LogP contribution in [0.3, 0.4) is 0 Å². The van der Waals surface area contributed by atoms with E-state index in [0.29, 0.717) is 17.8 Å². The van der Waals surface area contributed by atoms with Gasteiger partial charge in [-0.1, -0.05) is 60.7 Å². The lowest BCUT2D eigenvalue weighted by Crippen LogP contribution is -2.46. The lowest BCUT2D eigenvalue weighted by atomic mass is 9.95. The van der Waals surface area contributed by atoms with Crippen LogP contribution in [0, 0.1) is 0 Å². The van der Waals surface area contributed by atoms with E-state index in [-0.39, 0.29) is 11.9 Å². The van der Waals surface area contributed by atoms with E-state index >= 15 is 0 Å². The molecule has 3 rings (SSSR count). The zero-order valence-electron chi connectivity index (χ0n) is 13.4. The van der Waals surface area contributed by atoms with Crippen molar-refractivity contribution < 1.29 is 9.59 Å². The van der Waals surface area contributed by atoms with Crippen molar-refractivity contribution in [1.29, 1.82) is 0 Å². The SMILES string of the molecule is CC1=C(C(=O)NCc2ccccc2)[C@@H](c2ccccc2)NC(=O)N1. The van der Waals surface area contributed by atoms with E-state index in [0.717, 1.165) is 11.1 Å². The van der Waals surface area contributed by atoms with Crippen molar-refractivity contribution in [1.82, 2.24) is 16.0 Å². The van der Waals surface area contributed by atoms with Gasteiger partial charge in [-0.15, -0.1) is 0 Å². The largest absolute Gasteiger partial charge is 0.348 e. The molecule has 5 heteroatoms. The van der Waals surface area contributed by atoms with Gasteiger partial charge < -0.3 is 16.0 Å². The minimum absolute atomic E-state index is 0.197. The van der Waals surface area contributed by atoms with E-state index in [1.165, 1.54) is 0 Å². The minimum atomic E-state index is -0.462. The number of amides is 3. The zero-order valence-corrected chi connectivity index (χ0v) is 13.4. The van der Waals surface area contributed by atoms with Gasteiger partial charge in [0.25, 0.3) is 5.91 Å². The van der Waals surface area contributed by atoms with Crippen LogP contribution in [-0.2, 0) is 11.3 Å². The van der Waals surface area contributed by atoms with Gasteiger partial charge in [0.2, 0.25) is 0 Å². The van der Waals surface area contributed by atoms with Crippen molar-refractivity contribution in [3.05, 3.63) is 83.1 Å². The zero-order chi connectivity index (χ0) is 16.9. The maximum Gasteiger partial charge on any atom is 0.319 e. The summed E-state index contributed by atoms with van der Waals surface area (Å²) in [6.07, 6.45) is 0. The van der Waals surface area contributed by atoms with Gasteiger partial charge >= 0.3 is 6.03 Å². The fourth-order valence-electron chi connectivity index (χ4n) is 2.76. The number of rotatable bonds is 4. The quantitative estimate of drug-likeness (QED) is 0.810. The summed E-state index contributed by atoms with van der Waals surface area (Å²) in [4.78, 5) is 24.5. The molecule has 122 valence electrons. The topological polar surface area (TPSA) is 70.2 Å². The van der Waals surface area contributed by atoms with Crippen LogP contribution in [0.5, 0.6) is 0 Å². The Morgan fingerprint density at radius 2 is 1.67 bits per heavy atom. The Labute approximate surface area is 140 Å². The highest BCUT2D eigenvalue weighted by molar-refractivity contribution is 5.98. The van der Waals surface area contributed by atoms with Gasteiger partial charge in [-0.2, -0.15) is 0 Å². The first-order chi connectivity index (χ1) is 11.6. The predicted octanol–water partition coefficient (Wildman–Crippen LogP) is 2.63. The number of carbonyl (C=O) groups excluding carboxylic acids is 2. The van der Waals surface area contributed by atoms with E-state index in [9.17, 15) is 9.59 Å². The smallest absolute Gasteiger partial charge is 0.319 e. The van der Waals surface area contributed by atoms with Gasteiger partial charge in [0.15, 0.2) is 0 Å². The van der Waals surface area contributed by atoms with Crippen LogP contribution < -0.4 is 16.0 Å². The lowest BCUT2D eigenvalue weighted by Gasteiger charge is -2.28. The lowest BCUT2D eigenvalue weighted by molar-refractivity contribution is -0.118. The van der Waals surface area contributed by atoms with Crippen LogP contribution in [0.2, 0.25) is 0 Å². The molecule has 5 nitrogen and oxygen atoms in total. The van der Waals surface area contributed by atoms with Crippen LogP contribution >= 0.6 is 0 Å². The van der Waals surface area contributed by atoms with E-state index in [2.05, 4.69) is 16.0 Å². The van der Waals surface area contributed by atoms with Crippen molar-refractivity contribution in [2.24, 2.45) is 0 Å². The maximum atomic E-state index is 12.7. The van der Waals surface area contributed by atoms with Crippen LogP contribution in [0.1, 0.15) is 24.1 Å². The average molecular weight is 321 g/mol. The van der Waals surface area contributed by atoms with Crippen molar-refractivity contribution in [2.75, 3.05) is 0 Å². The van der Waals surface area contributed by atoms with Crippen molar-refractivity contribution in [2.45, 2.75) is 19.5 Å². The Hall–Kier alpha value is -3.08. The Morgan fingerprint density at radius 1 is 1.04 bits per heavy atom. The van der Waals surface area contributed by atoms with Crippen molar-refractivity contribution >= 4 is 11.9 Å². The summed E-state index contributed by atoms with van der Waals surface area (Å²) < 4.78 is 0. The molecule has 2 aromatic carbocycles. The first-order valence-electron chi connectivity index (χ1n) is 7.80. The molecular weight excluding hydrogens is 302 g/mol. The molecule has 0 aliphatic carbocycles. The second-order valence-electron chi connectivity index (χ2n) is 5.65. The molecule has 1 atom stereocenters. The molecule has 3 N–H and O–H groups in total. The number of hydrogen-bond donors (Lipinski definition) is 3. The maximum absolute atomic E-state index is 12.7. The number of urea groups is 1. The van der Waals surface area contributed by atoms with Gasteiger partial charge in [-0.05, 0) is 18.1 Å².